The summed E-state index contributed by atoms with van der Waals surface area (Å²) in [6, 6.07) is 0.313. The Bertz CT molecular complexity index is 355. The van der Waals surface area contributed by atoms with Gasteiger partial charge in [-0.2, -0.15) is 11.8 Å². The van der Waals surface area contributed by atoms with E-state index >= 15 is 0 Å². The van der Waals surface area contributed by atoms with Gasteiger partial charge >= 0.3 is 5.97 Å². The van der Waals surface area contributed by atoms with Crippen LogP contribution in [0, 0.1) is 0 Å². The molecule has 0 saturated heterocycles. The molecule has 6 heteroatoms. The van der Waals surface area contributed by atoms with E-state index in [9.17, 15) is 4.79 Å². The van der Waals surface area contributed by atoms with Crippen molar-refractivity contribution >= 4 is 34.1 Å². The third kappa shape index (κ3) is 4.55. The zero-order chi connectivity index (χ0) is 12.7. The van der Waals surface area contributed by atoms with Gasteiger partial charge in [0.2, 0.25) is 0 Å². The SMILES string of the molecule is CCOC(=O)c1ncsc1NC(C)CSCC. The Kier molecular flexibility index (Phi) is 6.36. The summed E-state index contributed by atoms with van der Waals surface area (Å²) in [4.78, 5) is 15.6. The molecule has 0 radical (unpaired) electrons. The zero-order valence-corrected chi connectivity index (χ0v) is 12.0. The van der Waals surface area contributed by atoms with Crippen molar-refractivity contribution in [3.05, 3.63) is 11.2 Å². The van der Waals surface area contributed by atoms with Gasteiger partial charge < -0.3 is 10.1 Å². The van der Waals surface area contributed by atoms with Crippen LogP contribution in [0.4, 0.5) is 5.00 Å². The van der Waals surface area contributed by atoms with Gasteiger partial charge in [-0.3, -0.25) is 0 Å². The molecule has 1 N–H and O–H groups in total. The molecule has 1 atom stereocenters. The summed E-state index contributed by atoms with van der Waals surface area (Å²) in [6.07, 6.45) is 0. The van der Waals surface area contributed by atoms with E-state index in [4.69, 9.17) is 4.74 Å². The van der Waals surface area contributed by atoms with Crippen molar-refractivity contribution in [2.24, 2.45) is 0 Å². The Morgan fingerprint density at radius 3 is 3.06 bits per heavy atom. The molecule has 0 amide bonds. The summed E-state index contributed by atoms with van der Waals surface area (Å²) in [6.45, 7) is 6.39. The van der Waals surface area contributed by atoms with Crippen LogP contribution < -0.4 is 5.32 Å². The second-order valence-corrected chi connectivity index (χ2v) is 5.63. The molecule has 0 spiro atoms. The summed E-state index contributed by atoms with van der Waals surface area (Å²) in [7, 11) is 0. The highest BCUT2D eigenvalue weighted by Crippen LogP contribution is 2.22. The zero-order valence-electron chi connectivity index (χ0n) is 10.4. The molecule has 96 valence electrons. The Labute approximate surface area is 110 Å². The van der Waals surface area contributed by atoms with E-state index in [1.165, 1.54) is 11.3 Å². The second kappa shape index (κ2) is 7.55. The molecule has 1 heterocycles. The van der Waals surface area contributed by atoms with Gasteiger partial charge in [0.1, 0.15) is 5.00 Å². The smallest absolute Gasteiger partial charge is 0.360 e. The number of rotatable bonds is 7. The Balaban J connectivity index is 2.59. The lowest BCUT2D eigenvalue weighted by Crippen LogP contribution is -2.19. The van der Waals surface area contributed by atoms with E-state index in [1.54, 1.807) is 12.4 Å². The molecular formula is C11H18N2O2S2. The summed E-state index contributed by atoms with van der Waals surface area (Å²) < 4.78 is 4.95. The standard InChI is InChI=1S/C11H18N2O2S2/c1-4-15-11(14)9-10(17-7-12-9)13-8(3)6-16-5-2/h7-8,13H,4-6H2,1-3H3. The summed E-state index contributed by atoms with van der Waals surface area (Å²) in [5, 5.41) is 4.10. The van der Waals surface area contributed by atoms with E-state index in [2.05, 4.69) is 24.1 Å². The fourth-order valence-electron chi connectivity index (χ4n) is 1.25. The number of aromatic nitrogens is 1. The van der Waals surface area contributed by atoms with Crippen LogP contribution in [0.2, 0.25) is 0 Å². The fraction of sp³-hybridized carbons (Fsp3) is 0.636. The summed E-state index contributed by atoms with van der Waals surface area (Å²) in [5.41, 5.74) is 2.05. The van der Waals surface area contributed by atoms with Crippen LogP contribution in [0.1, 0.15) is 31.3 Å². The van der Waals surface area contributed by atoms with Crippen molar-refractivity contribution in [1.29, 1.82) is 0 Å². The van der Waals surface area contributed by atoms with Crippen LogP contribution in [-0.4, -0.2) is 35.1 Å². The number of nitrogens with one attached hydrogen (secondary N) is 1. The maximum atomic E-state index is 11.6. The maximum Gasteiger partial charge on any atom is 0.360 e. The van der Waals surface area contributed by atoms with Gasteiger partial charge in [-0.1, -0.05) is 6.92 Å². The molecule has 1 aromatic heterocycles. The molecule has 0 bridgehead atoms. The van der Waals surface area contributed by atoms with Crippen molar-refractivity contribution in [2.75, 3.05) is 23.4 Å². The quantitative estimate of drug-likeness (QED) is 0.775. The van der Waals surface area contributed by atoms with E-state index in [0.717, 1.165) is 16.5 Å². The molecule has 4 nitrogen and oxygen atoms in total. The van der Waals surface area contributed by atoms with Crippen LogP contribution in [-0.2, 0) is 4.74 Å². The van der Waals surface area contributed by atoms with Crippen molar-refractivity contribution in [3.8, 4) is 0 Å². The first-order valence-electron chi connectivity index (χ1n) is 5.63. The molecule has 0 aliphatic heterocycles. The number of thioether (sulfide) groups is 1. The number of anilines is 1. The Hall–Kier alpha value is -0.750. The largest absolute Gasteiger partial charge is 0.461 e. The van der Waals surface area contributed by atoms with Crippen LogP contribution in [0.3, 0.4) is 0 Å². The van der Waals surface area contributed by atoms with Crippen LogP contribution in [0.25, 0.3) is 0 Å². The summed E-state index contributed by atoms with van der Waals surface area (Å²) in [5.74, 6) is 1.75. The first kappa shape index (κ1) is 14.3. The molecule has 0 aromatic carbocycles. The van der Waals surface area contributed by atoms with E-state index in [-0.39, 0.29) is 5.97 Å². The minimum absolute atomic E-state index is 0.313. The normalized spacial score (nSPS) is 12.2. The Morgan fingerprint density at radius 1 is 1.65 bits per heavy atom. The highest BCUT2D eigenvalue weighted by molar-refractivity contribution is 7.99. The van der Waals surface area contributed by atoms with Crippen molar-refractivity contribution in [1.82, 2.24) is 4.98 Å². The fourth-order valence-corrected chi connectivity index (χ4v) is 2.71. The lowest BCUT2D eigenvalue weighted by atomic mass is 10.3. The maximum absolute atomic E-state index is 11.6. The summed E-state index contributed by atoms with van der Waals surface area (Å²) >= 11 is 3.30. The number of nitrogens with zero attached hydrogens (tertiary/aromatic N) is 1. The molecule has 0 aliphatic carbocycles. The van der Waals surface area contributed by atoms with Gasteiger partial charge in [-0.05, 0) is 19.6 Å². The molecular weight excluding hydrogens is 256 g/mol. The average molecular weight is 274 g/mol. The van der Waals surface area contributed by atoms with Gasteiger partial charge in [-0.15, -0.1) is 11.3 Å². The lowest BCUT2D eigenvalue weighted by Gasteiger charge is -2.13. The number of ether oxygens (including phenoxy) is 1. The van der Waals surface area contributed by atoms with Crippen LogP contribution in [0.5, 0.6) is 0 Å². The van der Waals surface area contributed by atoms with Gasteiger partial charge in [0.05, 0.1) is 12.1 Å². The topological polar surface area (TPSA) is 51.2 Å². The Morgan fingerprint density at radius 2 is 2.41 bits per heavy atom. The molecule has 0 aliphatic rings. The van der Waals surface area contributed by atoms with Gasteiger partial charge in [0, 0.05) is 11.8 Å². The number of hydrogen-bond donors (Lipinski definition) is 1. The monoisotopic (exact) mass is 274 g/mol. The van der Waals surface area contributed by atoms with Crippen LogP contribution in [0.15, 0.2) is 5.51 Å². The molecule has 0 fully saturated rings. The molecule has 1 unspecified atom stereocenters. The number of esters is 1. The number of carbonyl (C=O) groups excluding carboxylic acids is 1. The predicted molar refractivity (Wildman–Crippen MR) is 74.2 cm³/mol. The highest BCUT2D eigenvalue weighted by atomic mass is 32.2. The van der Waals surface area contributed by atoms with Crippen LogP contribution >= 0.6 is 23.1 Å². The number of carbonyl (C=O) groups is 1. The molecule has 17 heavy (non-hydrogen) atoms. The van der Waals surface area contributed by atoms with E-state index in [1.807, 2.05) is 11.8 Å². The molecule has 0 saturated carbocycles. The van der Waals surface area contributed by atoms with E-state index in [0.29, 0.717) is 18.3 Å². The van der Waals surface area contributed by atoms with E-state index < -0.39 is 0 Å². The highest BCUT2D eigenvalue weighted by Gasteiger charge is 2.17. The molecule has 1 aromatic rings. The second-order valence-electron chi connectivity index (χ2n) is 3.46. The number of hydrogen-bond acceptors (Lipinski definition) is 6. The van der Waals surface area contributed by atoms with Crippen molar-refractivity contribution in [3.63, 3.8) is 0 Å². The third-order valence-electron chi connectivity index (χ3n) is 1.99. The minimum Gasteiger partial charge on any atom is -0.461 e. The van der Waals surface area contributed by atoms with Gasteiger partial charge in [0.25, 0.3) is 0 Å². The molecule has 1 rings (SSSR count). The first-order valence-corrected chi connectivity index (χ1v) is 7.67. The van der Waals surface area contributed by atoms with Gasteiger partial charge in [0.15, 0.2) is 5.69 Å². The van der Waals surface area contributed by atoms with Gasteiger partial charge in [-0.25, -0.2) is 9.78 Å². The average Bonchev–Trinajstić information content (AvgIpc) is 2.75. The third-order valence-corrected chi connectivity index (χ3v) is 3.89. The van der Waals surface area contributed by atoms with Crippen molar-refractivity contribution in [2.45, 2.75) is 26.8 Å². The predicted octanol–water partition coefficient (Wildman–Crippen LogP) is 2.87. The number of thiazole rings is 1. The first-order chi connectivity index (χ1) is 8.19. The minimum atomic E-state index is -0.355. The lowest BCUT2D eigenvalue weighted by molar-refractivity contribution is 0.0521. The van der Waals surface area contributed by atoms with Crippen molar-refractivity contribution < 1.29 is 9.53 Å².